The van der Waals surface area contributed by atoms with Crippen molar-refractivity contribution in [1.29, 1.82) is 0 Å². The molecule has 0 nitrogen and oxygen atoms in total. The molecule has 0 aromatic rings. The van der Waals surface area contributed by atoms with Gasteiger partial charge in [-0.3, -0.25) is 0 Å². The van der Waals surface area contributed by atoms with Crippen LogP contribution in [0.3, 0.4) is 0 Å². The average molecular weight is 141 g/mol. The quantitative estimate of drug-likeness (QED) is 0.454. The summed E-state index contributed by atoms with van der Waals surface area (Å²) < 4.78 is 47.6. The summed E-state index contributed by atoms with van der Waals surface area (Å²) in [5.74, 6) is -6.49. The standard InChI is InChI=1S/C5H5F4/c6-4(7)1-2-5(8,9)3-4/h3H,1-2H2. The van der Waals surface area contributed by atoms with Crippen molar-refractivity contribution in [1.82, 2.24) is 0 Å². The lowest BCUT2D eigenvalue weighted by molar-refractivity contribution is 0.0104. The first-order valence-corrected chi connectivity index (χ1v) is 2.54. The van der Waals surface area contributed by atoms with E-state index in [9.17, 15) is 17.6 Å². The van der Waals surface area contributed by atoms with E-state index >= 15 is 0 Å². The molecule has 1 fully saturated rings. The molecule has 4 heteroatoms. The molecule has 0 amide bonds. The third-order valence-electron chi connectivity index (χ3n) is 1.21. The maximum absolute atomic E-state index is 11.9. The molecule has 0 aromatic carbocycles. The Bertz CT molecular complexity index is 104. The predicted molar refractivity (Wildman–Crippen MR) is 23.4 cm³/mol. The van der Waals surface area contributed by atoms with Gasteiger partial charge in [-0.15, -0.1) is 0 Å². The second-order valence-corrected chi connectivity index (χ2v) is 2.17. The van der Waals surface area contributed by atoms with Crippen molar-refractivity contribution < 1.29 is 17.6 Å². The molecule has 0 aliphatic heterocycles. The van der Waals surface area contributed by atoms with Gasteiger partial charge in [0.05, 0.1) is 0 Å². The SMILES string of the molecule is FC1(F)[CH]C(F)(F)CC1. The van der Waals surface area contributed by atoms with Crippen molar-refractivity contribution in [3.63, 3.8) is 0 Å². The summed E-state index contributed by atoms with van der Waals surface area (Å²) in [6, 6.07) is 0. The van der Waals surface area contributed by atoms with Gasteiger partial charge in [0, 0.05) is 12.8 Å². The van der Waals surface area contributed by atoms with E-state index < -0.39 is 24.7 Å². The topological polar surface area (TPSA) is 0 Å². The molecule has 53 valence electrons. The van der Waals surface area contributed by atoms with Crippen molar-refractivity contribution >= 4 is 0 Å². The maximum Gasteiger partial charge on any atom is 0.257 e. The summed E-state index contributed by atoms with van der Waals surface area (Å²) >= 11 is 0. The second-order valence-electron chi connectivity index (χ2n) is 2.17. The summed E-state index contributed by atoms with van der Waals surface area (Å²) in [7, 11) is 0. The van der Waals surface area contributed by atoms with Gasteiger partial charge >= 0.3 is 0 Å². The fourth-order valence-electron chi connectivity index (χ4n) is 0.787. The zero-order chi connectivity index (χ0) is 7.12. The van der Waals surface area contributed by atoms with Crippen molar-refractivity contribution in [3.8, 4) is 0 Å². The van der Waals surface area contributed by atoms with E-state index in [-0.39, 0.29) is 6.42 Å². The molecule has 0 atom stereocenters. The molecule has 9 heavy (non-hydrogen) atoms. The molecule has 1 saturated carbocycles. The molecular weight excluding hydrogens is 136 g/mol. The van der Waals surface area contributed by atoms with Crippen LogP contribution in [0.4, 0.5) is 17.6 Å². The largest absolute Gasteiger partial charge is 0.257 e. The highest BCUT2D eigenvalue weighted by molar-refractivity contribution is 5.03. The molecule has 1 radical (unpaired) electrons. The van der Waals surface area contributed by atoms with E-state index in [0.717, 1.165) is 0 Å². The molecule has 1 aliphatic carbocycles. The Hall–Kier alpha value is -0.280. The van der Waals surface area contributed by atoms with Crippen LogP contribution in [-0.2, 0) is 0 Å². The fraction of sp³-hybridized carbons (Fsp3) is 0.800. The van der Waals surface area contributed by atoms with Gasteiger partial charge < -0.3 is 0 Å². The van der Waals surface area contributed by atoms with E-state index in [1.54, 1.807) is 0 Å². The molecule has 0 saturated heterocycles. The summed E-state index contributed by atoms with van der Waals surface area (Å²) in [6.07, 6.45) is -1.63. The molecule has 1 aliphatic rings. The molecule has 0 spiro atoms. The van der Waals surface area contributed by atoms with Gasteiger partial charge in [0.2, 0.25) is 0 Å². The van der Waals surface area contributed by atoms with Crippen LogP contribution in [-0.4, -0.2) is 11.8 Å². The van der Waals surface area contributed by atoms with Crippen LogP contribution in [0.2, 0.25) is 0 Å². The first-order chi connectivity index (χ1) is 3.91. The van der Waals surface area contributed by atoms with Gasteiger partial charge in [0.1, 0.15) is 6.42 Å². The molecule has 0 aromatic heterocycles. The normalized spacial score (nSPS) is 30.7. The third-order valence-corrected chi connectivity index (χ3v) is 1.21. The van der Waals surface area contributed by atoms with E-state index in [2.05, 4.69) is 0 Å². The lowest BCUT2D eigenvalue weighted by Gasteiger charge is -2.06. The highest BCUT2D eigenvalue weighted by atomic mass is 19.3. The average Bonchev–Trinajstić information content (AvgIpc) is 1.78. The molecule has 0 heterocycles. The minimum Gasteiger partial charge on any atom is -0.206 e. The highest BCUT2D eigenvalue weighted by Crippen LogP contribution is 2.43. The lowest BCUT2D eigenvalue weighted by atomic mass is 10.3. The van der Waals surface area contributed by atoms with Crippen molar-refractivity contribution in [3.05, 3.63) is 6.42 Å². The smallest absolute Gasteiger partial charge is 0.206 e. The summed E-state index contributed by atoms with van der Waals surface area (Å²) in [4.78, 5) is 0. The van der Waals surface area contributed by atoms with Crippen LogP contribution in [0.1, 0.15) is 12.8 Å². The zero-order valence-corrected chi connectivity index (χ0v) is 4.50. The number of alkyl halides is 4. The molecule has 0 bridgehead atoms. The fourth-order valence-corrected chi connectivity index (χ4v) is 0.787. The van der Waals surface area contributed by atoms with Crippen molar-refractivity contribution in [2.45, 2.75) is 24.7 Å². The maximum atomic E-state index is 11.9. The van der Waals surface area contributed by atoms with Crippen LogP contribution >= 0.6 is 0 Å². The van der Waals surface area contributed by atoms with Gasteiger partial charge in [-0.1, -0.05) is 0 Å². The lowest BCUT2D eigenvalue weighted by Crippen LogP contribution is -2.17. The Morgan fingerprint density at radius 2 is 1.22 bits per heavy atom. The van der Waals surface area contributed by atoms with E-state index in [1.165, 1.54) is 0 Å². The predicted octanol–water partition coefficient (Wildman–Crippen LogP) is 2.26. The first-order valence-electron chi connectivity index (χ1n) is 2.54. The zero-order valence-electron chi connectivity index (χ0n) is 4.50. The van der Waals surface area contributed by atoms with Crippen molar-refractivity contribution in [2.24, 2.45) is 0 Å². The molecule has 0 unspecified atom stereocenters. The Labute approximate surface area is 49.9 Å². The summed E-state index contributed by atoms with van der Waals surface area (Å²) in [6.45, 7) is 0. The Morgan fingerprint density at radius 3 is 1.33 bits per heavy atom. The second kappa shape index (κ2) is 1.61. The summed E-state index contributed by atoms with van der Waals surface area (Å²) in [5.41, 5.74) is 0. The molecular formula is C5H5F4. The van der Waals surface area contributed by atoms with Gasteiger partial charge in [0.15, 0.2) is 0 Å². The highest BCUT2D eigenvalue weighted by Gasteiger charge is 2.51. The minimum absolute atomic E-state index is 0.181. The van der Waals surface area contributed by atoms with Crippen LogP contribution in [0.25, 0.3) is 0 Å². The molecule has 1 rings (SSSR count). The third kappa shape index (κ3) is 1.56. The Balaban J connectivity index is 2.58. The Morgan fingerprint density at radius 1 is 0.889 bits per heavy atom. The van der Waals surface area contributed by atoms with Crippen LogP contribution in [0.15, 0.2) is 0 Å². The van der Waals surface area contributed by atoms with E-state index in [4.69, 9.17) is 0 Å². The van der Waals surface area contributed by atoms with Gasteiger partial charge in [-0.2, -0.15) is 0 Å². The van der Waals surface area contributed by atoms with Gasteiger partial charge in [-0.05, 0) is 0 Å². The monoisotopic (exact) mass is 141 g/mol. The number of hydrogen-bond donors (Lipinski definition) is 0. The number of halogens is 4. The number of rotatable bonds is 0. The van der Waals surface area contributed by atoms with E-state index in [1.807, 2.05) is 0 Å². The summed E-state index contributed by atoms with van der Waals surface area (Å²) in [5, 5.41) is 0. The Kier molecular flexibility index (Phi) is 1.22. The van der Waals surface area contributed by atoms with Crippen molar-refractivity contribution in [2.75, 3.05) is 0 Å². The van der Waals surface area contributed by atoms with Crippen LogP contribution < -0.4 is 0 Å². The van der Waals surface area contributed by atoms with Gasteiger partial charge in [-0.25, -0.2) is 17.6 Å². The number of hydrogen-bond acceptors (Lipinski definition) is 0. The van der Waals surface area contributed by atoms with Crippen LogP contribution in [0.5, 0.6) is 0 Å². The minimum atomic E-state index is -3.25. The van der Waals surface area contributed by atoms with E-state index in [0.29, 0.717) is 0 Å². The van der Waals surface area contributed by atoms with Gasteiger partial charge in [0.25, 0.3) is 11.8 Å². The first kappa shape index (κ1) is 6.83. The molecule has 0 N–H and O–H groups in total. The van der Waals surface area contributed by atoms with Crippen LogP contribution in [0, 0.1) is 6.42 Å².